The van der Waals surface area contributed by atoms with Crippen LogP contribution in [-0.4, -0.2) is 25.8 Å². The van der Waals surface area contributed by atoms with Crippen molar-refractivity contribution in [2.75, 3.05) is 13.7 Å². The summed E-state index contributed by atoms with van der Waals surface area (Å²) in [5.41, 5.74) is 3.91. The van der Waals surface area contributed by atoms with E-state index in [4.69, 9.17) is 14.2 Å². The van der Waals surface area contributed by atoms with E-state index in [2.05, 4.69) is 26.5 Å². The molecular weight excluding hydrogens is 479 g/mol. The maximum Gasteiger partial charge on any atom is 0.271 e. The van der Waals surface area contributed by atoms with E-state index in [0.717, 1.165) is 4.47 Å². The van der Waals surface area contributed by atoms with E-state index in [1.807, 2.05) is 6.92 Å². The van der Waals surface area contributed by atoms with Gasteiger partial charge in [0.25, 0.3) is 5.91 Å². The standard InChI is InChI=1S/C24H22BrFN2O4/c1-3-31-23-13-16(8-10-22(23)30-2)24(29)28-27-14-18-12-19(25)9-11-21(18)32-15-17-6-4-5-7-20(17)26/h4-14H,3,15H2,1-2H3,(H,28,29)/b27-14+. The summed E-state index contributed by atoms with van der Waals surface area (Å²) in [5.74, 6) is 0.768. The maximum atomic E-state index is 13.9. The number of ether oxygens (including phenoxy) is 3. The minimum Gasteiger partial charge on any atom is -0.493 e. The molecule has 3 aromatic rings. The van der Waals surface area contributed by atoms with Gasteiger partial charge < -0.3 is 14.2 Å². The maximum absolute atomic E-state index is 13.9. The van der Waals surface area contributed by atoms with Crippen LogP contribution in [0.5, 0.6) is 17.2 Å². The van der Waals surface area contributed by atoms with Gasteiger partial charge in [-0.1, -0.05) is 34.1 Å². The lowest BCUT2D eigenvalue weighted by atomic mass is 10.2. The molecule has 3 aromatic carbocycles. The number of carbonyl (C=O) groups is 1. The van der Waals surface area contributed by atoms with Gasteiger partial charge in [-0.15, -0.1) is 0 Å². The number of nitrogens with one attached hydrogen (secondary N) is 1. The van der Waals surface area contributed by atoms with Gasteiger partial charge in [0.2, 0.25) is 0 Å². The van der Waals surface area contributed by atoms with Crippen molar-refractivity contribution in [2.24, 2.45) is 5.10 Å². The van der Waals surface area contributed by atoms with Crippen LogP contribution in [0, 0.1) is 5.82 Å². The molecule has 32 heavy (non-hydrogen) atoms. The lowest BCUT2D eigenvalue weighted by molar-refractivity contribution is 0.0954. The summed E-state index contributed by atoms with van der Waals surface area (Å²) in [4.78, 5) is 12.5. The molecule has 3 rings (SSSR count). The van der Waals surface area contributed by atoms with Gasteiger partial charge in [0.05, 0.1) is 19.9 Å². The van der Waals surface area contributed by atoms with Crippen LogP contribution >= 0.6 is 15.9 Å². The Balaban J connectivity index is 1.71. The van der Waals surface area contributed by atoms with Crippen LogP contribution in [0.25, 0.3) is 0 Å². The summed E-state index contributed by atoms with van der Waals surface area (Å²) in [6.45, 7) is 2.35. The van der Waals surface area contributed by atoms with E-state index < -0.39 is 5.91 Å². The Labute approximate surface area is 194 Å². The van der Waals surface area contributed by atoms with Crippen LogP contribution < -0.4 is 19.6 Å². The van der Waals surface area contributed by atoms with Gasteiger partial charge in [0, 0.05) is 21.2 Å². The Bertz CT molecular complexity index is 1120. The van der Waals surface area contributed by atoms with Crippen LogP contribution in [0.1, 0.15) is 28.4 Å². The van der Waals surface area contributed by atoms with Gasteiger partial charge in [-0.05, 0) is 49.4 Å². The number of nitrogens with zero attached hydrogens (tertiary/aromatic N) is 1. The second-order valence-electron chi connectivity index (χ2n) is 6.56. The Morgan fingerprint density at radius 1 is 1.06 bits per heavy atom. The summed E-state index contributed by atoms with van der Waals surface area (Å²) in [7, 11) is 1.53. The average molecular weight is 501 g/mol. The van der Waals surface area contributed by atoms with Gasteiger partial charge >= 0.3 is 0 Å². The van der Waals surface area contributed by atoms with Crippen molar-refractivity contribution in [2.45, 2.75) is 13.5 Å². The molecule has 166 valence electrons. The third kappa shape index (κ3) is 6.07. The van der Waals surface area contributed by atoms with Crippen molar-refractivity contribution in [1.82, 2.24) is 5.43 Å². The highest BCUT2D eigenvalue weighted by Gasteiger charge is 2.11. The number of methoxy groups -OCH3 is 1. The van der Waals surface area contributed by atoms with Crippen LogP contribution in [-0.2, 0) is 6.61 Å². The predicted octanol–water partition coefficient (Wildman–Crippen LogP) is 5.34. The fourth-order valence-corrected chi connectivity index (χ4v) is 3.21. The number of hydrogen-bond acceptors (Lipinski definition) is 5. The van der Waals surface area contributed by atoms with Crippen molar-refractivity contribution < 1.29 is 23.4 Å². The minimum atomic E-state index is -0.409. The van der Waals surface area contributed by atoms with Gasteiger partial charge in [0.1, 0.15) is 18.2 Å². The molecule has 8 heteroatoms. The SMILES string of the molecule is CCOc1cc(C(=O)N/N=C/c2cc(Br)ccc2OCc2ccccc2F)ccc1OC. The molecule has 1 N–H and O–H groups in total. The summed E-state index contributed by atoms with van der Waals surface area (Å²) >= 11 is 3.41. The number of halogens is 2. The molecule has 0 atom stereocenters. The van der Waals surface area contributed by atoms with Gasteiger partial charge in [-0.3, -0.25) is 4.79 Å². The summed E-state index contributed by atoms with van der Waals surface area (Å²) < 4.78 is 31.2. The first-order valence-electron chi connectivity index (χ1n) is 9.81. The fourth-order valence-electron chi connectivity index (χ4n) is 2.83. The number of rotatable bonds is 9. The highest BCUT2D eigenvalue weighted by Crippen LogP contribution is 2.28. The molecular formula is C24H22BrFN2O4. The van der Waals surface area contributed by atoms with E-state index in [-0.39, 0.29) is 12.4 Å². The topological polar surface area (TPSA) is 69.2 Å². The third-order valence-electron chi connectivity index (χ3n) is 4.41. The molecule has 0 unspecified atom stereocenters. The molecule has 0 aliphatic heterocycles. The molecule has 0 spiro atoms. The molecule has 0 saturated heterocycles. The largest absolute Gasteiger partial charge is 0.493 e. The molecule has 6 nitrogen and oxygen atoms in total. The van der Waals surface area contributed by atoms with Crippen LogP contribution in [0.3, 0.4) is 0 Å². The number of amides is 1. The minimum absolute atomic E-state index is 0.0631. The van der Waals surface area contributed by atoms with Crippen molar-refractivity contribution in [3.05, 3.63) is 87.6 Å². The van der Waals surface area contributed by atoms with E-state index in [0.29, 0.717) is 40.5 Å². The van der Waals surface area contributed by atoms with E-state index >= 15 is 0 Å². The van der Waals surface area contributed by atoms with Gasteiger partial charge in [0.15, 0.2) is 11.5 Å². The number of hydrazone groups is 1. The molecule has 0 heterocycles. The Kier molecular flexibility index (Phi) is 8.21. The summed E-state index contributed by atoms with van der Waals surface area (Å²) in [5, 5.41) is 4.04. The summed E-state index contributed by atoms with van der Waals surface area (Å²) in [6, 6.07) is 16.6. The van der Waals surface area contributed by atoms with Crippen LogP contribution in [0.2, 0.25) is 0 Å². The smallest absolute Gasteiger partial charge is 0.271 e. The second-order valence-corrected chi connectivity index (χ2v) is 7.48. The van der Waals surface area contributed by atoms with E-state index in [1.54, 1.807) is 54.6 Å². The highest BCUT2D eigenvalue weighted by molar-refractivity contribution is 9.10. The zero-order chi connectivity index (χ0) is 22.9. The Morgan fingerprint density at radius 2 is 1.84 bits per heavy atom. The molecule has 0 saturated carbocycles. The predicted molar refractivity (Wildman–Crippen MR) is 124 cm³/mol. The molecule has 0 bridgehead atoms. The Hall–Kier alpha value is -3.39. The first-order valence-corrected chi connectivity index (χ1v) is 10.6. The number of carbonyl (C=O) groups excluding carboxylic acids is 1. The zero-order valence-corrected chi connectivity index (χ0v) is 19.2. The number of benzene rings is 3. The zero-order valence-electron chi connectivity index (χ0n) is 17.6. The average Bonchev–Trinajstić information content (AvgIpc) is 2.79. The van der Waals surface area contributed by atoms with Crippen molar-refractivity contribution in [1.29, 1.82) is 0 Å². The van der Waals surface area contributed by atoms with Crippen molar-refractivity contribution >= 4 is 28.1 Å². The third-order valence-corrected chi connectivity index (χ3v) is 4.90. The normalized spacial score (nSPS) is 10.8. The first-order chi connectivity index (χ1) is 15.5. The van der Waals surface area contributed by atoms with Crippen molar-refractivity contribution in [3.8, 4) is 17.2 Å². The van der Waals surface area contributed by atoms with Gasteiger partial charge in [-0.25, -0.2) is 9.82 Å². The molecule has 0 aliphatic carbocycles. The van der Waals surface area contributed by atoms with Crippen LogP contribution in [0.15, 0.2) is 70.2 Å². The van der Waals surface area contributed by atoms with Crippen LogP contribution in [0.4, 0.5) is 4.39 Å². The molecule has 0 aromatic heterocycles. The Morgan fingerprint density at radius 3 is 2.59 bits per heavy atom. The van der Waals surface area contributed by atoms with Crippen molar-refractivity contribution in [3.63, 3.8) is 0 Å². The molecule has 0 radical (unpaired) electrons. The van der Waals surface area contributed by atoms with E-state index in [1.165, 1.54) is 19.4 Å². The molecule has 0 fully saturated rings. The highest BCUT2D eigenvalue weighted by atomic mass is 79.9. The lowest BCUT2D eigenvalue weighted by Crippen LogP contribution is -2.17. The monoisotopic (exact) mass is 500 g/mol. The molecule has 1 amide bonds. The fraction of sp³-hybridized carbons (Fsp3) is 0.167. The quantitative estimate of drug-likeness (QED) is 0.318. The lowest BCUT2D eigenvalue weighted by Gasteiger charge is -2.11. The van der Waals surface area contributed by atoms with E-state index in [9.17, 15) is 9.18 Å². The molecule has 0 aliphatic rings. The second kappa shape index (κ2) is 11.3. The number of hydrogen-bond donors (Lipinski definition) is 1. The summed E-state index contributed by atoms with van der Waals surface area (Å²) in [6.07, 6.45) is 1.46. The van der Waals surface area contributed by atoms with Gasteiger partial charge in [-0.2, -0.15) is 5.10 Å². The first kappa shape index (κ1) is 23.3.